The number of quaternary nitrogens is 1. The van der Waals surface area contributed by atoms with E-state index in [4.69, 9.17) is 9.47 Å². The van der Waals surface area contributed by atoms with E-state index in [0.717, 1.165) is 19.4 Å². The molecule has 0 spiro atoms. The zero-order chi connectivity index (χ0) is 14.5. The molecule has 0 radical (unpaired) electrons. The Labute approximate surface area is 118 Å². The monoisotopic (exact) mass is 278 g/mol. The van der Waals surface area contributed by atoms with Crippen LogP contribution in [0.1, 0.15) is 30.1 Å². The molecule has 0 amide bonds. The summed E-state index contributed by atoms with van der Waals surface area (Å²) in [5, 5.41) is 1.97. The Morgan fingerprint density at radius 1 is 1.30 bits per heavy atom. The molecule has 2 rings (SSSR count). The van der Waals surface area contributed by atoms with Gasteiger partial charge in [0.2, 0.25) is 5.78 Å². The Hall–Kier alpha value is -1.88. The van der Waals surface area contributed by atoms with Gasteiger partial charge in [0.05, 0.1) is 13.7 Å². The summed E-state index contributed by atoms with van der Waals surface area (Å²) in [5.74, 6) is 0.197. The average molecular weight is 278 g/mol. The first-order chi connectivity index (χ1) is 9.61. The highest BCUT2D eigenvalue weighted by molar-refractivity contribution is 6.00. The molecule has 108 valence electrons. The van der Waals surface area contributed by atoms with Crippen LogP contribution in [0.25, 0.3) is 0 Å². The maximum atomic E-state index is 12.2. The topological polar surface area (TPSA) is 69.2 Å². The lowest BCUT2D eigenvalue weighted by Gasteiger charge is -2.14. The predicted octanol–water partition coefficient (Wildman–Crippen LogP) is 0.535. The van der Waals surface area contributed by atoms with Gasteiger partial charge in [0.25, 0.3) is 0 Å². The van der Waals surface area contributed by atoms with Gasteiger partial charge in [-0.15, -0.1) is 0 Å². The average Bonchev–Trinajstić information content (AvgIpc) is 3.01. The highest BCUT2D eigenvalue weighted by atomic mass is 16.5. The molecule has 0 aromatic heterocycles. The first kappa shape index (κ1) is 14.5. The van der Waals surface area contributed by atoms with Gasteiger partial charge < -0.3 is 14.8 Å². The molecular formula is C15H20NO4+. The van der Waals surface area contributed by atoms with Crippen molar-refractivity contribution in [3.8, 4) is 5.75 Å². The van der Waals surface area contributed by atoms with Crippen molar-refractivity contribution in [2.24, 2.45) is 0 Å². The second kappa shape index (κ2) is 6.52. The second-order valence-corrected chi connectivity index (χ2v) is 4.94. The van der Waals surface area contributed by atoms with Crippen LogP contribution in [0.15, 0.2) is 24.3 Å². The summed E-state index contributed by atoms with van der Waals surface area (Å²) in [6, 6.07) is 6.63. The van der Waals surface area contributed by atoms with Crippen LogP contribution in [0.4, 0.5) is 0 Å². The number of methoxy groups -OCH3 is 1. The molecule has 0 saturated carbocycles. The number of ether oxygens (including phenoxy) is 2. The number of rotatable bonds is 5. The number of benzene rings is 1. The fraction of sp³-hybridized carbons (Fsp3) is 0.467. The summed E-state index contributed by atoms with van der Waals surface area (Å²) >= 11 is 0. The maximum absolute atomic E-state index is 12.2. The van der Waals surface area contributed by atoms with Crippen LogP contribution < -0.4 is 10.1 Å². The second-order valence-electron chi connectivity index (χ2n) is 4.94. The van der Waals surface area contributed by atoms with E-state index in [1.807, 2.05) is 5.32 Å². The van der Waals surface area contributed by atoms with Crippen molar-refractivity contribution >= 4 is 11.8 Å². The first-order valence-electron chi connectivity index (χ1n) is 6.84. The molecule has 1 aromatic carbocycles. The number of carbonyl (C=O) groups excluding carboxylic acids is 2. The Kier molecular flexibility index (Phi) is 4.74. The zero-order valence-electron chi connectivity index (χ0n) is 11.8. The van der Waals surface area contributed by atoms with Crippen LogP contribution in [-0.4, -0.2) is 37.6 Å². The Bertz CT molecular complexity index is 477. The molecular weight excluding hydrogens is 258 g/mol. The Morgan fingerprint density at radius 3 is 2.55 bits per heavy atom. The van der Waals surface area contributed by atoms with Gasteiger partial charge in [0, 0.05) is 18.4 Å². The first-order valence-corrected chi connectivity index (χ1v) is 6.84. The normalized spacial score (nSPS) is 19.4. The van der Waals surface area contributed by atoms with Gasteiger partial charge in [-0.2, -0.15) is 0 Å². The van der Waals surface area contributed by atoms with Crippen LogP contribution in [0.5, 0.6) is 5.75 Å². The third-order valence-corrected chi connectivity index (χ3v) is 3.51. The van der Waals surface area contributed by atoms with E-state index in [1.54, 1.807) is 38.3 Å². The number of ketones is 1. The van der Waals surface area contributed by atoms with E-state index >= 15 is 0 Å². The molecule has 5 nitrogen and oxygen atoms in total. The van der Waals surface area contributed by atoms with E-state index in [1.165, 1.54) is 0 Å². The number of hydrogen-bond acceptors (Lipinski definition) is 4. The SMILES string of the molecule is COc1ccc(C(=O)[C@H](C)OC(=O)[C@H]2CCC[NH2+]2)cc1. The molecule has 1 aliphatic heterocycles. The van der Waals surface area contributed by atoms with Gasteiger partial charge in [0.1, 0.15) is 5.75 Å². The highest BCUT2D eigenvalue weighted by Gasteiger charge is 2.30. The number of esters is 1. The minimum atomic E-state index is -0.759. The van der Waals surface area contributed by atoms with Gasteiger partial charge >= 0.3 is 5.97 Å². The lowest BCUT2D eigenvalue weighted by molar-refractivity contribution is -0.659. The van der Waals surface area contributed by atoms with Crippen molar-refractivity contribution in [2.75, 3.05) is 13.7 Å². The van der Waals surface area contributed by atoms with Gasteiger partial charge in [0.15, 0.2) is 12.1 Å². The molecule has 0 aliphatic carbocycles. The van der Waals surface area contributed by atoms with Crippen molar-refractivity contribution in [1.82, 2.24) is 0 Å². The molecule has 1 fully saturated rings. The number of nitrogens with two attached hydrogens (primary N) is 1. The van der Waals surface area contributed by atoms with Gasteiger partial charge in [-0.3, -0.25) is 4.79 Å². The van der Waals surface area contributed by atoms with Crippen molar-refractivity contribution in [3.05, 3.63) is 29.8 Å². The molecule has 2 N–H and O–H groups in total. The van der Waals surface area contributed by atoms with E-state index < -0.39 is 6.10 Å². The van der Waals surface area contributed by atoms with Crippen LogP contribution in [0, 0.1) is 0 Å². The van der Waals surface area contributed by atoms with Crippen molar-refractivity contribution in [2.45, 2.75) is 31.9 Å². The molecule has 2 atom stereocenters. The summed E-state index contributed by atoms with van der Waals surface area (Å²) in [5.41, 5.74) is 0.515. The van der Waals surface area contributed by atoms with Gasteiger partial charge in [-0.1, -0.05) is 0 Å². The summed E-state index contributed by atoms with van der Waals surface area (Å²) < 4.78 is 10.3. The lowest BCUT2D eigenvalue weighted by atomic mass is 10.1. The molecule has 5 heteroatoms. The zero-order valence-corrected chi connectivity index (χ0v) is 11.8. The van der Waals surface area contributed by atoms with E-state index in [9.17, 15) is 9.59 Å². The molecule has 20 heavy (non-hydrogen) atoms. The molecule has 1 aliphatic rings. The van der Waals surface area contributed by atoms with Crippen molar-refractivity contribution in [3.63, 3.8) is 0 Å². The van der Waals surface area contributed by atoms with Crippen LogP contribution in [-0.2, 0) is 9.53 Å². The minimum Gasteiger partial charge on any atom is -0.497 e. The third-order valence-electron chi connectivity index (χ3n) is 3.51. The molecule has 1 aromatic rings. The smallest absolute Gasteiger partial charge is 0.365 e. The Balaban J connectivity index is 1.95. The van der Waals surface area contributed by atoms with E-state index in [0.29, 0.717) is 11.3 Å². The van der Waals surface area contributed by atoms with Crippen LogP contribution >= 0.6 is 0 Å². The fourth-order valence-corrected chi connectivity index (χ4v) is 2.29. The molecule has 1 heterocycles. The minimum absolute atomic E-state index is 0.152. The predicted molar refractivity (Wildman–Crippen MR) is 72.7 cm³/mol. The van der Waals surface area contributed by atoms with Gasteiger partial charge in [-0.05, 0) is 31.2 Å². The summed E-state index contributed by atoms with van der Waals surface area (Å²) in [6.07, 6.45) is 1.08. The third kappa shape index (κ3) is 3.36. The summed E-state index contributed by atoms with van der Waals surface area (Å²) in [7, 11) is 1.57. The number of carbonyl (C=O) groups is 2. The lowest BCUT2D eigenvalue weighted by Crippen LogP contribution is -2.88. The van der Waals surface area contributed by atoms with E-state index in [-0.39, 0.29) is 17.8 Å². The van der Waals surface area contributed by atoms with Crippen molar-refractivity contribution < 1.29 is 24.4 Å². The molecule has 0 unspecified atom stereocenters. The maximum Gasteiger partial charge on any atom is 0.365 e. The van der Waals surface area contributed by atoms with E-state index in [2.05, 4.69) is 0 Å². The van der Waals surface area contributed by atoms with Crippen molar-refractivity contribution in [1.29, 1.82) is 0 Å². The Morgan fingerprint density at radius 2 is 2.00 bits per heavy atom. The standard InChI is InChI=1S/C15H19NO4/c1-10(20-15(18)13-4-3-9-16-13)14(17)11-5-7-12(19-2)8-6-11/h5-8,10,13,16H,3-4,9H2,1-2H3/p+1/t10-,13+/m0/s1. The van der Waals surface area contributed by atoms with Crippen LogP contribution in [0.3, 0.4) is 0 Å². The van der Waals surface area contributed by atoms with Gasteiger partial charge in [-0.25, -0.2) is 4.79 Å². The quantitative estimate of drug-likeness (QED) is 0.630. The number of hydrogen-bond donors (Lipinski definition) is 1. The molecule has 1 saturated heterocycles. The largest absolute Gasteiger partial charge is 0.497 e. The molecule has 0 bridgehead atoms. The highest BCUT2D eigenvalue weighted by Crippen LogP contribution is 2.14. The fourth-order valence-electron chi connectivity index (χ4n) is 2.29. The number of Topliss-reactive ketones (excluding diaryl/α,β-unsaturated/α-hetero) is 1. The summed E-state index contributed by atoms with van der Waals surface area (Å²) in [4.78, 5) is 24.0. The van der Waals surface area contributed by atoms with Crippen LogP contribution in [0.2, 0.25) is 0 Å². The summed E-state index contributed by atoms with van der Waals surface area (Å²) in [6.45, 7) is 2.56.